The number of aromatic nitrogens is 2. The highest BCUT2D eigenvalue weighted by Gasteiger charge is 2.28. The van der Waals surface area contributed by atoms with E-state index < -0.39 is 10.9 Å². The molecule has 10 heteroatoms. The molecule has 2 heterocycles. The van der Waals surface area contributed by atoms with E-state index >= 15 is 0 Å². The molecule has 0 bridgehead atoms. The summed E-state index contributed by atoms with van der Waals surface area (Å²) in [6.07, 6.45) is 1.09. The van der Waals surface area contributed by atoms with Gasteiger partial charge in [-0.15, -0.1) is 0 Å². The quantitative estimate of drug-likeness (QED) is 0.299. The number of hydrogen-bond acceptors (Lipinski definition) is 7. The highest BCUT2D eigenvalue weighted by atomic mass is 35.5. The Labute approximate surface area is 202 Å². The first-order chi connectivity index (χ1) is 16.3. The maximum atomic E-state index is 12.8. The lowest BCUT2D eigenvalue weighted by Crippen LogP contribution is -2.39. The molecule has 1 aliphatic heterocycles. The molecule has 0 saturated carbocycles. The van der Waals surface area contributed by atoms with Crippen molar-refractivity contribution < 1.29 is 19.6 Å². The fourth-order valence-electron chi connectivity index (χ4n) is 4.74. The first-order valence-corrected chi connectivity index (χ1v) is 11.6. The van der Waals surface area contributed by atoms with Gasteiger partial charge in [0.1, 0.15) is 18.1 Å². The predicted octanol–water partition coefficient (Wildman–Crippen LogP) is 4.43. The monoisotopic (exact) mass is 486 g/mol. The van der Waals surface area contributed by atoms with Crippen LogP contribution in [-0.4, -0.2) is 45.2 Å². The topological polar surface area (TPSA) is 111 Å². The molecule has 3 aromatic rings. The van der Waals surface area contributed by atoms with Crippen LogP contribution in [0.5, 0.6) is 0 Å². The van der Waals surface area contributed by atoms with Crippen LogP contribution in [0.2, 0.25) is 5.02 Å². The Morgan fingerprint density at radius 2 is 1.97 bits per heavy atom. The first-order valence-electron chi connectivity index (χ1n) is 11.2. The molecule has 0 radical (unpaired) electrons. The van der Waals surface area contributed by atoms with Crippen molar-refractivity contribution in [1.82, 2.24) is 9.55 Å². The number of esters is 1. The Morgan fingerprint density at radius 3 is 2.65 bits per heavy atom. The van der Waals surface area contributed by atoms with Crippen LogP contribution in [0, 0.1) is 22.0 Å². The third kappa shape index (κ3) is 5.00. The minimum atomic E-state index is -0.685. The minimum absolute atomic E-state index is 0.0985. The highest BCUT2D eigenvalue weighted by molar-refractivity contribution is 6.31. The zero-order valence-corrected chi connectivity index (χ0v) is 19.9. The summed E-state index contributed by atoms with van der Waals surface area (Å²) in [6.45, 7) is 5.73. The molecule has 2 atom stereocenters. The second-order valence-electron chi connectivity index (χ2n) is 8.92. The van der Waals surface area contributed by atoms with Gasteiger partial charge in [-0.1, -0.05) is 25.4 Å². The van der Waals surface area contributed by atoms with Crippen LogP contribution in [0.3, 0.4) is 0 Å². The number of benzene rings is 2. The standard InChI is InChI=1S/C24H27ClN4O5/c1-15-9-16(2)13-27(12-15)20-6-3-17(10-22(20)29(32)33)24(31)34-14-23-26-19-5-4-18(25)11-21(19)28(23)7-8-30/h3-6,10-11,15-16,30H,7-9,12-14H2,1-2H3/t15-,16-/m0/s1. The summed E-state index contributed by atoms with van der Waals surface area (Å²) in [5, 5.41) is 21.8. The number of hydrogen-bond donors (Lipinski definition) is 1. The summed E-state index contributed by atoms with van der Waals surface area (Å²) in [6, 6.07) is 9.66. The van der Waals surface area contributed by atoms with Crippen LogP contribution >= 0.6 is 11.6 Å². The second kappa shape index (κ2) is 9.99. The van der Waals surface area contributed by atoms with Crippen LogP contribution in [0.4, 0.5) is 11.4 Å². The lowest BCUT2D eigenvalue weighted by Gasteiger charge is -2.36. The summed E-state index contributed by atoms with van der Waals surface area (Å²) in [5.74, 6) is 0.625. The molecule has 0 amide bonds. The van der Waals surface area contributed by atoms with Crippen LogP contribution in [0.15, 0.2) is 36.4 Å². The van der Waals surface area contributed by atoms with Crippen molar-refractivity contribution in [3.05, 3.63) is 62.9 Å². The molecular weight excluding hydrogens is 460 g/mol. The molecule has 1 aromatic heterocycles. The van der Waals surface area contributed by atoms with Gasteiger partial charge in [-0.3, -0.25) is 10.1 Å². The molecule has 4 rings (SSSR count). The Hall–Kier alpha value is -3.17. The average Bonchev–Trinajstić information content (AvgIpc) is 3.13. The average molecular weight is 487 g/mol. The van der Waals surface area contributed by atoms with Crippen molar-refractivity contribution in [2.75, 3.05) is 24.6 Å². The molecule has 180 valence electrons. The van der Waals surface area contributed by atoms with Gasteiger partial charge in [0.2, 0.25) is 0 Å². The maximum Gasteiger partial charge on any atom is 0.338 e. The Bertz CT molecular complexity index is 1220. The number of carbonyl (C=O) groups is 1. The van der Waals surface area contributed by atoms with Crippen LogP contribution in [0.25, 0.3) is 11.0 Å². The molecule has 1 aliphatic rings. The number of anilines is 1. The molecule has 34 heavy (non-hydrogen) atoms. The third-order valence-corrected chi connectivity index (χ3v) is 6.30. The van der Waals surface area contributed by atoms with E-state index in [0.29, 0.717) is 33.9 Å². The predicted molar refractivity (Wildman–Crippen MR) is 129 cm³/mol. The van der Waals surface area contributed by atoms with Gasteiger partial charge in [0.15, 0.2) is 0 Å². The van der Waals surface area contributed by atoms with Crippen molar-refractivity contribution in [2.45, 2.75) is 33.4 Å². The lowest BCUT2D eigenvalue weighted by atomic mass is 9.91. The van der Waals surface area contributed by atoms with E-state index in [2.05, 4.69) is 18.8 Å². The van der Waals surface area contributed by atoms with E-state index in [1.54, 1.807) is 34.9 Å². The van der Waals surface area contributed by atoms with E-state index in [1.165, 1.54) is 6.07 Å². The molecule has 1 saturated heterocycles. The largest absolute Gasteiger partial charge is 0.454 e. The minimum Gasteiger partial charge on any atom is -0.454 e. The molecule has 2 aromatic carbocycles. The van der Waals surface area contributed by atoms with Crippen molar-refractivity contribution >= 4 is 40.0 Å². The van der Waals surface area contributed by atoms with Gasteiger partial charge < -0.3 is 19.3 Å². The number of ether oxygens (including phenoxy) is 1. The molecular formula is C24H27ClN4O5. The van der Waals surface area contributed by atoms with Gasteiger partial charge >= 0.3 is 5.97 Å². The van der Waals surface area contributed by atoms with Gasteiger partial charge in [-0.25, -0.2) is 9.78 Å². The number of aliphatic hydroxyl groups is 1. The number of carbonyl (C=O) groups excluding carboxylic acids is 1. The fraction of sp³-hybridized carbons (Fsp3) is 0.417. The second-order valence-corrected chi connectivity index (χ2v) is 9.36. The Morgan fingerprint density at radius 1 is 1.24 bits per heavy atom. The normalized spacial score (nSPS) is 18.3. The molecule has 1 fully saturated rings. The van der Waals surface area contributed by atoms with Crippen LogP contribution < -0.4 is 4.90 Å². The number of nitro benzene ring substituents is 1. The van der Waals surface area contributed by atoms with Crippen molar-refractivity contribution in [3.63, 3.8) is 0 Å². The maximum absolute atomic E-state index is 12.8. The van der Waals surface area contributed by atoms with E-state index in [1.807, 2.05) is 4.90 Å². The number of piperidine rings is 1. The third-order valence-electron chi connectivity index (χ3n) is 6.06. The van der Waals surface area contributed by atoms with Gasteiger partial charge in [0.05, 0.1) is 28.1 Å². The number of nitrogens with zero attached hydrogens (tertiary/aromatic N) is 4. The van der Waals surface area contributed by atoms with Crippen molar-refractivity contribution in [2.24, 2.45) is 11.8 Å². The zero-order chi connectivity index (χ0) is 24.4. The summed E-state index contributed by atoms with van der Waals surface area (Å²) >= 11 is 6.09. The molecule has 0 spiro atoms. The highest BCUT2D eigenvalue weighted by Crippen LogP contribution is 2.34. The Kier molecular flexibility index (Phi) is 7.04. The van der Waals surface area contributed by atoms with Gasteiger partial charge in [-0.2, -0.15) is 0 Å². The molecule has 0 aliphatic carbocycles. The van der Waals surface area contributed by atoms with E-state index in [-0.39, 0.29) is 31.0 Å². The molecule has 9 nitrogen and oxygen atoms in total. The zero-order valence-electron chi connectivity index (χ0n) is 19.1. The van der Waals surface area contributed by atoms with E-state index in [9.17, 15) is 20.0 Å². The van der Waals surface area contributed by atoms with Crippen molar-refractivity contribution in [3.8, 4) is 0 Å². The number of halogens is 1. The van der Waals surface area contributed by atoms with Gasteiger partial charge in [-0.05, 0) is 48.6 Å². The van der Waals surface area contributed by atoms with E-state index in [0.717, 1.165) is 25.0 Å². The van der Waals surface area contributed by atoms with Gasteiger partial charge in [0, 0.05) is 30.7 Å². The summed E-state index contributed by atoms with van der Waals surface area (Å²) in [4.78, 5) is 30.6. The summed E-state index contributed by atoms with van der Waals surface area (Å²) in [5.41, 5.74) is 1.88. The van der Waals surface area contributed by atoms with Crippen LogP contribution in [0.1, 0.15) is 36.5 Å². The summed E-state index contributed by atoms with van der Waals surface area (Å²) < 4.78 is 7.18. The number of imidazole rings is 1. The first kappa shape index (κ1) is 24.0. The van der Waals surface area contributed by atoms with Gasteiger partial charge in [0.25, 0.3) is 5.69 Å². The van der Waals surface area contributed by atoms with Crippen molar-refractivity contribution in [1.29, 1.82) is 0 Å². The lowest BCUT2D eigenvalue weighted by molar-refractivity contribution is -0.384. The number of rotatable bonds is 7. The summed E-state index contributed by atoms with van der Waals surface area (Å²) in [7, 11) is 0. The molecule has 0 unspecified atom stereocenters. The fourth-order valence-corrected chi connectivity index (χ4v) is 4.91. The number of nitro groups is 1. The Balaban J connectivity index is 1.55. The van der Waals surface area contributed by atoms with E-state index in [4.69, 9.17) is 16.3 Å². The SMILES string of the molecule is C[C@H]1C[C@H](C)CN(c2ccc(C(=O)OCc3nc4ccc(Cl)cc4n3CCO)cc2[N+](=O)[O-])C1. The smallest absolute Gasteiger partial charge is 0.338 e. The molecule has 1 N–H and O–H groups in total. The number of fused-ring (bicyclic) bond motifs is 1. The van der Waals surface area contributed by atoms with Crippen LogP contribution in [-0.2, 0) is 17.9 Å². The number of aliphatic hydroxyl groups excluding tert-OH is 1.